The van der Waals surface area contributed by atoms with E-state index in [2.05, 4.69) is 5.32 Å². The van der Waals surface area contributed by atoms with E-state index in [9.17, 15) is 9.59 Å². The van der Waals surface area contributed by atoms with E-state index in [0.29, 0.717) is 34.2 Å². The maximum Gasteiger partial charge on any atom is 0.252 e. The molecule has 0 spiro atoms. The Morgan fingerprint density at radius 2 is 1.71 bits per heavy atom. The highest BCUT2D eigenvalue weighted by molar-refractivity contribution is 6.30. The Labute approximate surface area is 146 Å². The third-order valence-electron chi connectivity index (χ3n) is 4.25. The summed E-state index contributed by atoms with van der Waals surface area (Å²) in [7, 11) is 0. The molecule has 0 radical (unpaired) electrons. The third-order valence-corrected chi connectivity index (χ3v) is 4.50. The molecule has 124 valence electrons. The van der Waals surface area contributed by atoms with Crippen LogP contribution in [-0.4, -0.2) is 24.3 Å². The van der Waals surface area contributed by atoms with Crippen molar-refractivity contribution >= 4 is 23.3 Å². The Balaban J connectivity index is 1.77. The monoisotopic (exact) mass is 342 g/mol. The summed E-state index contributed by atoms with van der Waals surface area (Å²) in [4.78, 5) is 25.2. The second-order valence-electron chi connectivity index (χ2n) is 6.09. The minimum Gasteiger partial charge on any atom is -0.350 e. The number of ketones is 1. The zero-order valence-corrected chi connectivity index (χ0v) is 13.9. The van der Waals surface area contributed by atoms with Crippen LogP contribution in [0.25, 0.3) is 0 Å². The highest BCUT2D eigenvalue weighted by Crippen LogP contribution is 2.31. The van der Waals surface area contributed by atoms with Crippen molar-refractivity contribution in [3.63, 3.8) is 0 Å². The van der Waals surface area contributed by atoms with Gasteiger partial charge in [0.05, 0.1) is 5.56 Å². The smallest absolute Gasteiger partial charge is 0.252 e. The van der Waals surface area contributed by atoms with Gasteiger partial charge in [0.25, 0.3) is 5.91 Å². The van der Waals surface area contributed by atoms with Crippen LogP contribution < -0.4 is 11.1 Å². The normalized spacial score (nSPS) is 14.9. The van der Waals surface area contributed by atoms with Crippen molar-refractivity contribution in [2.45, 2.75) is 18.9 Å². The molecule has 0 bridgehead atoms. The molecule has 1 saturated carbocycles. The van der Waals surface area contributed by atoms with Gasteiger partial charge in [-0.2, -0.15) is 0 Å². The SMILES string of the molecule is NC(CNC(=O)c1ccccc1C(=O)c1ccc(Cl)cc1)C1CC1. The van der Waals surface area contributed by atoms with Gasteiger partial charge in [0.15, 0.2) is 5.78 Å². The Morgan fingerprint density at radius 3 is 2.33 bits per heavy atom. The fraction of sp³-hybridized carbons (Fsp3) is 0.263. The van der Waals surface area contributed by atoms with Crippen LogP contribution in [0.1, 0.15) is 39.1 Å². The van der Waals surface area contributed by atoms with E-state index in [1.54, 1.807) is 48.5 Å². The average Bonchev–Trinajstić information content (AvgIpc) is 3.44. The molecule has 4 nitrogen and oxygen atoms in total. The van der Waals surface area contributed by atoms with Crippen LogP contribution in [0.3, 0.4) is 0 Å². The van der Waals surface area contributed by atoms with Gasteiger partial charge in [-0.25, -0.2) is 0 Å². The molecule has 1 unspecified atom stereocenters. The van der Waals surface area contributed by atoms with Gasteiger partial charge in [-0.15, -0.1) is 0 Å². The van der Waals surface area contributed by atoms with E-state index in [1.807, 2.05) is 0 Å². The number of carbonyl (C=O) groups excluding carboxylic acids is 2. The van der Waals surface area contributed by atoms with Crippen molar-refractivity contribution < 1.29 is 9.59 Å². The molecule has 5 heteroatoms. The van der Waals surface area contributed by atoms with Crippen LogP contribution >= 0.6 is 11.6 Å². The summed E-state index contributed by atoms with van der Waals surface area (Å²) in [5, 5.41) is 3.40. The highest BCUT2D eigenvalue weighted by Gasteiger charge is 2.28. The van der Waals surface area contributed by atoms with Crippen molar-refractivity contribution in [3.05, 3.63) is 70.2 Å². The first kappa shape index (κ1) is 16.7. The van der Waals surface area contributed by atoms with E-state index in [1.165, 1.54) is 0 Å². The second-order valence-corrected chi connectivity index (χ2v) is 6.53. The van der Waals surface area contributed by atoms with Gasteiger partial charge in [-0.3, -0.25) is 9.59 Å². The zero-order valence-electron chi connectivity index (χ0n) is 13.2. The molecule has 0 aliphatic heterocycles. The van der Waals surface area contributed by atoms with E-state index < -0.39 is 0 Å². The lowest BCUT2D eigenvalue weighted by molar-refractivity contribution is 0.0939. The third kappa shape index (κ3) is 3.83. The molecule has 1 aliphatic rings. The topological polar surface area (TPSA) is 72.2 Å². The summed E-state index contributed by atoms with van der Waals surface area (Å²) in [6.45, 7) is 0.424. The summed E-state index contributed by atoms with van der Waals surface area (Å²) >= 11 is 5.86. The number of halogens is 1. The molecule has 0 aromatic heterocycles. The molecule has 3 rings (SSSR count). The Bertz CT molecular complexity index is 754. The minimum absolute atomic E-state index is 0.0203. The van der Waals surface area contributed by atoms with Gasteiger partial charge >= 0.3 is 0 Å². The van der Waals surface area contributed by atoms with Gasteiger partial charge in [0.1, 0.15) is 0 Å². The lowest BCUT2D eigenvalue weighted by Gasteiger charge is -2.13. The van der Waals surface area contributed by atoms with Crippen molar-refractivity contribution in [2.24, 2.45) is 11.7 Å². The maximum absolute atomic E-state index is 12.7. The standard InChI is InChI=1S/C19H19ClN2O2/c20-14-9-7-13(8-10-14)18(23)15-3-1-2-4-16(15)19(24)22-11-17(21)12-5-6-12/h1-4,7-10,12,17H,5-6,11,21H2,(H,22,24). The van der Waals surface area contributed by atoms with Crippen LogP contribution in [0.5, 0.6) is 0 Å². The summed E-state index contributed by atoms with van der Waals surface area (Å²) in [6.07, 6.45) is 2.26. The molecule has 1 aliphatic carbocycles. The van der Waals surface area contributed by atoms with Crippen LogP contribution in [0.4, 0.5) is 0 Å². The van der Waals surface area contributed by atoms with Gasteiger partial charge in [0.2, 0.25) is 0 Å². The number of amides is 1. The van der Waals surface area contributed by atoms with Gasteiger partial charge in [0, 0.05) is 28.7 Å². The maximum atomic E-state index is 12.7. The van der Waals surface area contributed by atoms with E-state index in [4.69, 9.17) is 17.3 Å². The molecule has 1 amide bonds. The summed E-state index contributed by atoms with van der Waals surface area (Å²) in [5.41, 5.74) is 7.24. The lowest BCUT2D eigenvalue weighted by atomic mass is 9.98. The zero-order chi connectivity index (χ0) is 17.1. The minimum atomic E-state index is -0.274. The number of benzene rings is 2. The highest BCUT2D eigenvalue weighted by atomic mass is 35.5. The van der Waals surface area contributed by atoms with Crippen molar-refractivity contribution in [3.8, 4) is 0 Å². The molecule has 2 aromatic rings. The van der Waals surface area contributed by atoms with E-state index in [0.717, 1.165) is 12.8 Å². The largest absolute Gasteiger partial charge is 0.350 e. The Kier molecular flexibility index (Phi) is 4.97. The fourth-order valence-electron chi connectivity index (χ4n) is 2.63. The van der Waals surface area contributed by atoms with Crippen LogP contribution in [0.2, 0.25) is 5.02 Å². The molecule has 1 fully saturated rings. The quantitative estimate of drug-likeness (QED) is 0.792. The molecule has 24 heavy (non-hydrogen) atoms. The van der Waals surface area contributed by atoms with Crippen LogP contribution in [0.15, 0.2) is 48.5 Å². The number of nitrogens with two attached hydrogens (primary N) is 1. The average molecular weight is 343 g/mol. The lowest BCUT2D eigenvalue weighted by Crippen LogP contribution is -2.39. The van der Waals surface area contributed by atoms with Gasteiger partial charge in [-0.1, -0.05) is 29.8 Å². The number of carbonyl (C=O) groups is 2. The summed E-state index contributed by atoms with van der Waals surface area (Å²) in [5.74, 6) is 0.0316. The van der Waals surface area contributed by atoms with Crippen molar-refractivity contribution in [1.29, 1.82) is 0 Å². The van der Waals surface area contributed by atoms with E-state index >= 15 is 0 Å². The van der Waals surface area contributed by atoms with Crippen molar-refractivity contribution in [1.82, 2.24) is 5.32 Å². The first-order valence-corrected chi connectivity index (χ1v) is 8.37. The molecular formula is C19H19ClN2O2. The Morgan fingerprint density at radius 1 is 1.08 bits per heavy atom. The number of rotatable bonds is 6. The molecule has 2 aromatic carbocycles. The van der Waals surface area contributed by atoms with Crippen molar-refractivity contribution in [2.75, 3.05) is 6.54 Å². The van der Waals surface area contributed by atoms with Crippen LogP contribution in [-0.2, 0) is 0 Å². The summed E-state index contributed by atoms with van der Waals surface area (Å²) < 4.78 is 0. The number of nitrogens with one attached hydrogen (secondary N) is 1. The van der Waals surface area contributed by atoms with E-state index in [-0.39, 0.29) is 17.7 Å². The van der Waals surface area contributed by atoms with Gasteiger partial charge < -0.3 is 11.1 Å². The number of hydrogen-bond acceptors (Lipinski definition) is 3. The molecule has 1 atom stereocenters. The molecule has 3 N–H and O–H groups in total. The fourth-order valence-corrected chi connectivity index (χ4v) is 2.76. The molecule has 0 heterocycles. The van der Waals surface area contributed by atoms with Crippen LogP contribution in [0, 0.1) is 5.92 Å². The first-order valence-electron chi connectivity index (χ1n) is 7.99. The summed E-state index contributed by atoms with van der Waals surface area (Å²) in [6, 6.07) is 13.4. The molecule has 0 saturated heterocycles. The second kappa shape index (κ2) is 7.16. The molecular weight excluding hydrogens is 324 g/mol. The first-order chi connectivity index (χ1) is 11.6. The predicted molar refractivity (Wildman–Crippen MR) is 94.4 cm³/mol. The van der Waals surface area contributed by atoms with Gasteiger partial charge in [-0.05, 0) is 49.1 Å². The predicted octanol–water partition coefficient (Wildman–Crippen LogP) is 3.04. The number of hydrogen-bond donors (Lipinski definition) is 2. The Hall–Kier alpha value is -2.17.